The van der Waals surface area contributed by atoms with Crippen molar-refractivity contribution in [2.75, 3.05) is 0 Å². The van der Waals surface area contributed by atoms with Gasteiger partial charge in [-0.2, -0.15) is 11.6 Å². The van der Waals surface area contributed by atoms with E-state index in [1.165, 1.54) is 60.5 Å². The Bertz CT molecular complexity index is 2070. The Morgan fingerprint density at radius 1 is 0.686 bits per heavy atom. The quantitative estimate of drug-likeness (QED) is 0.166. The summed E-state index contributed by atoms with van der Waals surface area (Å²) in [6, 6.07) is 27.9. The van der Waals surface area contributed by atoms with Gasteiger partial charge in [-0.3, -0.25) is 6.08 Å². The van der Waals surface area contributed by atoms with Crippen LogP contribution in [0.1, 0.15) is 88.3 Å². The van der Waals surface area contributed by atoms with Crippen molar-refractivity contribution < 1.29 is 47.1 Å². The van der Waals surface area contributed by atoms with E-state index in [1.807, 2.05) is 24.3 Å². The summed E-state index contributed by atoms with van der Waals surface area (Å²) < 4.78 is 4.66. The predicted molar refractivity (Wildman–Crippen MR) is 214 cm³/mol. The molecule has 0 bridgehead atoms. The van der Waals surface area contributed by atoms with Gasteiger partial charge in [0.15, 0.2) is 0 Å². The van der Waals surface area contributed by atoms with E-state index in [9.17, 15) is 0 Å². The monoisotopic (exact) mass is 826 g/mol. The average Bonchev–Trinajstić information content (AvgIpc) is 3.84. The Morgan fingerprint density at radius 2 is 1.12 bits per heavy atom. The average molecular weight is 830 g/mol. The maximum absolute atomic E-state index is 5.84. The predicted octanol–water partition coefficient (Wildman–Crippen LogP) is 7.13. The molecule has 0 atom stereocenters. The first-order chi connectivity index (χ1) is 23.2. The minimum absolute atomic E-state index is 0. The molecule has 8 rings (SSSR count). The Morgan fingerprint density at radius 3 is 1.47 bits per heavy atom. The molecular weight excluding hydrogens is 786 g/mol. The molecule has 5 heteroatoms. The Kier molecular flexibility index (Phi) is 13.5. The molecule has 0 saturated carbocycles. The molecule has 0 unspecified atom stereocenters. The molecule has 0 aliphatic heterocycles. The molecule has 0 saturated heterocycles. The molecule has 0 spiro atoms. The summed E-state index contributed by atoms with van der Waals surface area (Å²) in [7, 11) is 0. The van der Waals surface area contributed by atoms with E-state index < -0.39 is 22.3 Å². The van der Waals surface area contributed by atoms with Gasteiger partial charge in [0.1, 0.15) is 0 Å². The molecule has 0 fully saturated rings. The zero-order valence-corrected chi connectivity index (χ0v) is 35.8. The SMILES string of the molecule is CC(C)(C)C1=CC[C-]=C1.CC1(C)C=Cc2cc3c(cc21)[cH-]c1cc2c(cc13)C=CC2(C)C.Clc1ccc([CH]=[Zr]=[CH]c2ccc(Cl)cc2)cc1.[Cl-].[Cl-]. The van der Waals surface area contributed by atoms with Crippen molar-refractivity contribution in [2.45, 2.75) is 65.7 Å². The van der Waals surface area contributed by atoms with Gasteiger partial charge in [-0.25, -0.2) is 6.08 Å². The van der Waals surface area contributed by atoms with Gasteiger partial charge in [0.2, 0.25) is 0 Å². The van der Waals surface area contributed by atoms with Crippen molar-refractivity contribution >= 4 is 64.3 Å². The van der Waals surface area contributed by atoms with Crippen LogP contribution in [0.5, 0.6) is 0 Å². The topological polar surface area (TPSA) is 0 Å². The van der Waals surface area contributed by atoms with Gasteiger partial charge in [-0.15, -0.1) is 46.2 Å². The van der Waals surface area contributed by atoms with Crippen LogP contribution in [0.4, 0.5) is 0 Å². The molecule has 0 heterocycles. The summed E-state index contributed by atoms with van der Waals surface area (Å²) in [5.74, 6) is 0. The second kappa shape index (κ2) is 16.7. The summed E-state index contributed by atoms with van der Waals surface area (Å²) in [5, 5.41) is 7.11. The fraction of sp³-hybridized carbons (Fsp3) is 0.239. The minimum atomic E-state index is -0.623. The maximum Gasteiger partial charge on any atom is -1.00 e. The van der Waals surface area contributed by atoms with Crippen LogP contribution in [0.3, 0.4) is 0 Å². The molecule has 3 aliphatic carbocycles. The number of rotatable bonds is 2. The van der Waals surface area contributed by atoms with Crippen molar-refractivity contribution in [1.29, 1.82) is 0 Å². The molecule has 5 aromatic rings. The van der Waals surface area contributed by atoms with Crippen molar-refractivity contribution in [3.05, 3.63) is 158 Å². The molecule has 0 amide bonds. The first-order valence-corrected chi connectivity index (χ1v) is 20.6. The van der Waals surface area contributed by atoms with Gasteiger partial charge >= 0.3 is 123 Å². The number of hydrogen-bond donors (Lipinski definition) is 0. The number of fused-ring (bicyclic) bond motifs is 5. The summed E-state index contributed by atoms with van der Waals surface area (Å²) in [4.78, 5) is 0. The van der Waals surface area contributed by atoms with E-state index in [4.69, 9.17) is 23.2 Å². The molecule has 264 valence electrons. The normalized spacial score (nSPS) is 15.3. The van der Waals surface area contributed by atoms with Crippen LogP contribution in [0.2, 0.25) is 10.0 Å². The third-order valence-electron chi connectivity index (χ3n) is 9.60. The largest absolute Gasteiger partial charge is 1.00 e. The molecule has 0 N–H and O–H groups in total. The van der Waals surface area contributed by atoms with E-state index in [0.717, 1.165) is 16.5 Å². The Labute approximate surface area is 338 Å². The van der Waals surface area contributed by atoms with Gasteiger partial charge < -0.3 is 24.8 Å². The first kappa shape index (κ1) is 41.3. The molecule has 51 heavy (non-hydrogen) atoms. The van der Waals surface area contributed by atoms with Gasteiger partial charge in [-0.1, -0.05) is 101 Å². The van der Waals surface area contributed by atoms with E-state index in [-0.39, 0.29) is 35.6 Å². The van der Waals surface area contributed by atoms with Crippen molar-refractivity contribution in [3.63, 3.8) is 0 Å². The minimum Gasteiger partial charge on any atom is -1.00 e. The zero-order chi connectivity index (χ0) is 35.0. The van der Waals surface area contributed by atoms with E-state index >= 15 is 0 Å². The number of allylic oxidation sites excluding steroid dienone is 6. The fourth-order valence-electron chi connectivity index (χ4n) is 6.58. The molecule has 0 radical (unpaired) electrons. The van der Waals surface area contributed by atoms with E-state index in [1.54, 1.807) is 0 Å². The fourth-order valence-corrected chi connectivity index (χ4v) is 8.93. The van der Waals surface area contributed by atoms with Gasteiger partial charge in [-0.05, 0) is 11.1 Å². The standard InChI is InChI=1S/C23H21.C9H13.2C7H5Cl.2ClH.Zr/c1-22(2)7-5-14-10-18-16(12-20(14)22)9-17-13-21-15(11-19(17)18)6-8-23(21,3)4;1-9(2,3)8-6-4-5-7-8;2*1-6-2-4-7(8)5-3-6;;;/h5-13H,1-4H3;6-7H,4H2,1-3H3;2*1-5H;2*1H;/q2*-1;;;;;/p-2. The Hall–Kier alpha value is -2.51. The van der Waals surface area contributed by atoms with Crippen molar-refractivity contribution in [1.82, 2.24) is 0 Å². The van der Waals surface area contributed by atoms with Crippen molar-refractivity contribution in [3.8, 4) is 0 Å². The van der Waals surface area contributed by atoms with Crippen LogP contribution in [0, 0.1) is 11.5 Å². The van der Waals surface area contributed by atoms with Crippen LogP contribution in [-0.4, -0.2) is 7.42 Å². The molecule has 0 aromatic heterocycles. The van der Waals surface area contributed by atoms with Crippen LogP contribution >= 0.6 is 23.2 Å². The van der Waals surface area contributed by atoms with Crippen LogP contribution in [-0.2, 0) is 33.1 Å². The van der Waals surface area contributed by atoms with E-state index in [0.29, 0.717) is 5.41 Å². The van der Waals surface area contributed by atoms with Gasteiger partial charge in [0.05, 0.1) is 0 Å². The third-order valence-corrected chi connectivity index (χ3v) is 12.6. The Balaban J connectivity index is 0.000000184. The number of halogens is 4. The van der Waals surface area contributed by atoms with Gasteiger partial charge in [0.25, 0.3) is 0 Å². The summed E-state index contributed by atoms with van der Waals surface area (Å²) in [5.41, 5.74) is 10.2. The molecular formula is C46H44Cl4Zr-4. The van der Waals surface area contributed by atoms with Crippen LogP contribution < -0.4 is 24.8 Å². The maximum atomic E-state index is 5.84. The third kappa shape index (κ3) is 9.73. The second-order valence-electron chi connectivity index (χ2n) is 15.3. The summed E-state index contributed by atoms with van der Waals surface area (Å²) in [6.45, 7) is 15.9. The molecule has 0 nitrogen and oxygen atoms in total. The van der Waals surface area contributed by atoms with E-state index in [2.05, 4.69) is 153 Å². The molecule has 5 aromatic carbocycles. The summed E-state index contributed by atoms with van der Waals surface area (Å²) >= 11 is 11.0. The molecule has 3 aliphatic rings. The number of hydrogen-bond acceptors (Lipinski definition) is 0. The first-order valence-electron chi connectivity index (χ1n) is 17.0. The van der Waals surface area contributed by atoms with Crippen molar-refractivity contribution in [2.24, 2.45) is 5.41 Å². The zero-order valence-electron chi connectivity index (χ0n) is 30.3. The number of benzene rings is 4. The van der Waals surface area contributed by atoms with Crippen LogP contribution in [0.25, 0.3) is 33.7 Å². The summed E-state index contributed by atoms with van der Waals surface area (Å²) in [6.07, 6.45) is 17.7. The van der Waals surface area contributed by atoms with Crippen LogP contribution in [0.15, 0.2) is 109 Å². The van der Waals surface area contributed by atoms with Gasteiger partial charge in [0, 0.05) is 10.8 Å². The smallest absolute Gasteiger partial charge is 1.00 e. The second-order valence-corrected chi connectivity index (χ2v) is 18.4.